The number of hydrogen-bond acceptors (Lipinski definition) is 5. The van der Waals surface area contributed by atoms with Gasteiger partial charge in [0.05, 0.1) is 28.4 Å². The Labute approximate surface area is 232 Å². The molecule has 4 aromatic carbocycles. The molecule has 0 fully saturated rings. The first-order chi connectivity index (χ1) is 19.0. The molecule has 0 bridgehead atoms. The minimum Gasteiger partial charge on any atom is -0.493 e. The van der Waals surface area contributed by atoms with E-state index in [4.69, 9.17) is 18.9 Å². The third-order valence-corrected chi connectivity index (χ3v) is 6.73. The lowest BCUT2D eigenvalue weighted by Gasteiger charge is -2.17. The number of hydrogen-bond donors (Lipinski definition) is 1. The van der Waals surface area contributed by atoms with Crippen molar-refractivity contribution < 1.29 is 18.9 Å². The van der Waals surface area contributed by atoms with Crippen LogP contribution in [0.5, 0.6) is 23.0 Å². The highest BCUT2D eigenvalue weighted by molar-refractivity contribution is 5.89. The molecule has 39 heavy (non-hydrogen) atoms. The van der Waals surface area contributed by atoms with Crippen LogP contribution in [0.4, 0.5) is 5.69 Å². The molecule has 202 valence electrons. The summed E-state index contributed by atoms with van der Waals surface area (Å²) in [7, 11) is 6.65. The van der Waals surface area contributed by atoms with Crippen molar-refractivity contribution in [3.8, 4) is 45.3 Å². The highest BCUT2D eigenvalue weighted by Gasteiger charge is 2.16. The van der Waals surface area contributed by atoms with Gasteiger partial charge in [0.2, 0.25) is 0 Å². The second kappa shape index (κ2) is 12.9. The molecule has 0 heterocycles. The van der Waals surface area contributed by atoms with Crippen LogP contribution in [-0.2, 0) is 0 Å². The summed E-state index contributed by atoms with van der Waals surface area (Å²) in [5, 5.41) is 3.52. The maximum absolute atomic E-state index is 5.82. The Bertz CT molecular complexity index is 1430. The smallest absolute Gasteiger partial charge is 0.168 e. The van der Waals surface area contributed by atoms with Crippen molar-refractivity contribution >= 4 is 17.3 Å². The number of rotatable bonds is 11. The van der Waals surface area contributed by atoms with Gasteiger partial charge in [-0.05, 0) is 65.4 Å². The molecule has 0 unspecified atom stereocenters. The van der Waals surface area contributed by atoms with Crippen LogP contribution in [0, 0.1) is 0 Å². The van der Waals surface area contributed by atoms with E-state index in [-0.39, 0.29) is 0 Å². The fourth-order valence-electron chi connectivity index (χ4n) is 4.62. The number of methoxy groups -OCH3 is 4. The quantitative estimate of drug-likeness (QED) is 0.200. The minimum absolute atomic E-state index is 0.682. The van der Waals surface area contributed by atoms with E-state index >= 15 is 0 Å². The van der Waals surface area contributed by atoms with E-state index in [0.29, 0.717) is 23.0 Å². The molecule has 4 rings (SSSR count). The van der Waals surface area contributed by atoms with Crippen LogP contribution in [0.15, 0.2) is 78.9 Å². The average Bonchev–Trinajstić information content (AvgIpc) is 2.99. The largest absolute Gasteiger partial charge is 0.493 e. The minimum atomic E-state index is 0.682. The number of benzene rings is 4. The Kier molecular flexibility index (Phi) is 9.16. The van der Waals surface area contributed by atoms with Gasteiger partial charge in [0.1, 0.15) is 0 Å². The zero-order valence-corrected chi connectivity index (χ0v) is 23.6. The Morgan fingerprint density at radius 2 is 1.31 bits per heavy atom. The second-order valence-electron chi connectivity index (χ2n) is 9.25. The van der Waals surface area contributed by atoms with Crippen LogP contribution in [0.2, 0.25) is 0 Å². The molecule has 0 atom stereocenters. The Balaban J connectivity index is 1.79. The van der Waals surface area contributed by atoms with E-state index in [0.717, 1.165) is 52.0 Å². The summed E-state index contributed by atoms with van der Waals surface area (Å²) in [5.74, 6) is 2.77. The maximum atomic E-state index is 5.82. The monoisotopic (exact) mass is 523 g/mol. The van der Waals surface area contributed by atoms with Crippen molar-refractivity contribution in [1.29, 1.82) is 0 Å². The van der Waals surface area contributed by atoms with E-state index in [1.807, 2.05) is 24.3 Å². The predicted octanol–water partition coefficient (Wildman–Crippen LogP) is 8.44. The van der Waals surface area contributed by atoms with E-state index in [2.05, 4.69) is 79.8 Å². The number of allylic oxidation sites excluding steroid dienone is 1. The van der Waals surface area contributed by atoms with Crippen molar-refractivity contribution in [1.82, 2.24) is 0 Å². The number of nitrogens with one attached hydrogen (secondary N) is 1. The third kappa shape index (κ3) is 6.20. The van der Waals surface area contributed by atoms with Crippen molar-refractivity contribution in [3.63, 3.8) is 0 Å². The molecule has 1 N–H and O–H groups in total. The molecular formula is C34H37NO4. The highest BCUT2D eigenvalue weighted by Crippen LogP contribution is 2.42. The SMILES string of the molecule is CCCNc1cc(OC)c(OC)cc1/C=C(\C)c1cc(OC)c(OC)c(-c2ccc(-c3ccccc3)cc2)c1. The van der Waals surface area contributed by atoms with Gasteiger partial charge < -0.3 is 24.3 Å². The van der Waals surface area contributed by atoms with Gasteiger partial charge in [0.25, 0.3) is 0 Å². The molecule has 0 aliphatic heterocycles. The zero-order valence-electron chi connectivity index (χ0n) is 23.6. The summed E-state index contributed by atoms with van der Waals surface area (Å²) in [6.07, 6.45) is 3.17. The topological polar surface area (TPSA) is 49.0 Å². The van der Waals surface area contributed by atoms with Gasteiger partial charge in [-0.1, -0.05) is 61.5 Å². The van der Waals surface area contributed by atoms with Gasteiger partial charge in [-0.2, -0.15) is 0 Å². The Hall–Kier alpha value is -4.38. The number of ether oxygens (including phenoxy) is 4. The van der Waals surface area contributed by atoms with Crippen molar-refractivity contribution in [2.45, 2.75) is 20.3 Å². The lowest BCUT2D eigenvalue weighted by Crippen LogP contribution is -2.03. The molecule has 4 aromatic rings. The van der Waals surface area contributed by atoms with Crippen molar-refractivity contribution in [2.75, 3.05) is 40.3 Å². The summed E-state index contributed by atoms with van der Waals surface area (Å²) < 4.78 is 22.7. The third-order valence-electron chi connectivity index (χ3n) is 6.73. The van der Waals surface area contributed by atoms with Crippen LogP contribution in [0.1, 0.15) is 31.4 Å². The predicted molar refractivity (Wildman–Crippen MR) is 162 cm³/mol. The lowest BCUT2D eigenvalue weighted by molar-refractivity contribution is 0.355. The fourth-order valence-corrected chi connectivity index (χ4v) is 4.62. The summed E-state index contributed by atoms with van der Waals surface area (Å²) in [6, 6.07) is 27.1. The second-order valence-corrected chi connectivity index (χ2v) is 9.25. The molecule has 0 spiro atoms. The molecule has 0 aliphatic rings. The molecule has 0 amide bonds. The van der Waals surface area contributed by atoms with Crippen LogP contribution >= 0.6 is 0 Å². The summed E-state index contributed by atoms with van der Waals surface area (Å²) in [5.41, 5.74) is 8.48. The van der Waals surface area contributed by atoms with Crippen LogP contribution in [0.25, 0.3) is 33.9 Å². The zero-order chi connectivity index (χ0) is 27.8. The van der Waals surface area contributed by atoms with Gasteiger partial charge in [-0.3, -0.25) is 0 Å². The average molecular weight is 524 g/mol. The fraction of sp³-hybridized carbons (Fsp3) is 0.235. The first-order valence-corrected chi connectivity index (χ1v) is 13.1. The standard InChI is InChI=1S/C34H37NO4/c1-7-17-35-30-22-32(37-4)31(36-3)21-28(30)18-23(2)27-19-29(34(39-6)33(20-27)38-5)26-15-13-25(14-16-26)24-11-9-8-10-12-24/h8-16,18-22,35H,7,17H2,1-6H3/b23-18+. The van der Waals surface area contributed by atoms with Crippen molar-refractivity contribution in [3.05, 3.63) is 90.0 Å². The first kappa shape index (κ1) is 27.6. The van der Waals surface area contributed by atoms with Gasteiger partial charge in [0.15, 0.2) is 23.0 Å². The number of anilines is 1. The normalized spacial score (nSPS) is 11.2. The molecular weight excluding hydrogens is 486 g/mol. The summed E-state index contributed by atoms with van der Waals surface area (Å²) >= 11 is 0. The lowest BCUT2D eigenvalue weighted by atomic mass is 9.95. The van der Waals surface area contributed by atoms with Gasteiger partial charge >= 0.3 is 0 Å². The van der Waals surface area contributed by atoms with E-state index in [1.165, 1.54) is 5.56 Å². The van der Waals surface area contributed by atoms with Gasteiger partial charge in [-0.15, -0.1) is 0 Å². The van der Waals surface area contributed by atoms with Crippen LogP contribution in [-0.4, -0.2) is 35.0 Å². The van der Waals surface area contributed by atoms with E-state index < -0.39 is 0 Å². The molecule has 0 saturated carbocycles. The summed E-state index contributed by atoms with van der Waals surface area (Å²) in [4.78, 5) is 0. The van der Waals surface area contributed by atoms with E-state index in [9.17, 15) is 0 Å². The molecule has 5 heteroatoms. The molecule has 0 radical (unpaired) electrons. The highest BCUT2D eigenvalue weighted by atomic mass is 16.5. The molecule has 0 saturated heterocycles. The molecule has 0 aliphatic carbocycles. The summed E-state index contributed by atoms with van der Waals surface area (Å²) in [6.45, 7) is 5.10. The Morgan fingerprint density at radius 1 is 0.692 bits per heavy atom. The van der Waals surface area contributed by atoms with Gasteiger partial charge in [-0.25, -0.2) is 0 Å². The molecule has 5 nitrogen and oxygen atoms in total. The Morgan fingerprint density at radius 3 is 1.92 bits per heavy atom. The first-order valence-electron chi connectivity index (χ1n) is 13.1. The van der Waals surface area contributed by atoms with Crippen LogP contribution < -0.4 is 24.3 Å². The van der Waals surface area contributed by atoms with Crippen molar-refractivity contribution in [2.24, 2.45) is 0 Å². The van der Waals surface area contributed by atoms with E-state index in [1.54, 1.807) is 28.4 Å². The molecule has 0 aromatic heterocycles. The van der Waals surface area contributed by atoms with Crippen LogP contribution in [0.3, 0.4) is 0 Å². The van der Waals surface area contributed by atoms with Gasteiger partial charge in [0, 0.05) is 29.4 Å². The maximum Gasteiger partial charge on any atom is 0.168 e.